The van der Waals surface area contributed by atoms with E-state index in [9.17, 15) is 9.59 Å². The molecule has 0 saturated heterocycles. The minimum Gasteiger partial charge on any atom is -0.484 e. The topological polar surface area (TPSA) is 143 Å². The summed E-state index contributed by atoms with van der Waals surface area (Å²) in [7, 11) is 1.68. The number of methoxy groups -OCH3 is 1. The minimum absolute atomic E-state index is 0.00201. The van der Waals surface area contributed by atoms with E-state index >= 15 is 0 Å². The summed E-state index contributed by atoms with van der Waals surface area (Å²) in [6, 6.07) is 0. The van der Waals surface area contributed by atoms with E-state index in [1.165, 1.54) is 0 Å². The van der Waals surface area contributed by atoms with E-state index in [0.717, 1.165) is 18.3 Å². The maximum absolute atomic E-state index is 11.4. The zero-order chi connectivity index (χ0) is 54.7. The Kier molecular flexibility index (Phi) is 31.3. The highest BCUT2D eigenvalue weighted by molar-refractivity contribution is 5.85. The van der Waals surface area contributed by atoms with Gasteiger partial charge in [0.25, 0.3) is 0 Å². The number of nitrogens with two attached hydrogens (primary N) is 1. The Balaban J connectivity index is -0.000000161. The van der Waals surface area contributed by atoms with Gasteiger partial charge in [0.1, 0.15) is 0 Å². The fourth-order valence-electron chi connectivity index (χ4n) is 3.33. The largest absolute Gasteiger partial charge is 0.484 e. The van der Waals surface area contributed by atoms with E-state index in [-0.39, 0.29) is 72.1 Å². The van der Waals surface area contributed by atoms with Gasteiger partial charge in [-0.05, 0) is 135 Å². The van der Waals surface area contributed by atoms with Gasteiger partial charge in [-0.2, -0.15) is 0 Å². The number of aliphatic imine (C=N–C) groups is 3. The first-order chi connectivity index (χ1) is 27.5. The predicted molar refractivity (Wildman–Crippen MR) is 294 cm³/mol. The number of amides is 2. The van der Waals surface area contributed by atoms with Crippen LogP contribution >= 0.6 is 0 Å². The average molecular weight is 927 g/mol. The second-order valence-corrected chi connectivity index (χ2v) is 29.8. The summed E-state index contributed by atoms with van der Waals surface area (Å²) in [6.07, 6.45) is 2.02. The molecule has 0 aromatic carbocycles. The number of amidine groups is 1. The van der Waals surface area contributed by atoms with Gasteiger partial charge < -0.3 is 26.4 Å². The highest BCUT2D eigenvalue weighted by Crippen LogP contribution is 2.21. The molecule has 0 rings (SSSR count). The molecule has 0 aliphatic rings. The number of carbonyl (C=O) groups excluding carboxylic acids is 2. The van der Waals surface area contributed by atoms with Gasteiger partial charge in [-0.25, -0.2) is 4.99 Å². The minimum atomic E-state index is -0.284. The fraction of sp³-hybridized carbons (Fsp3) is 0.909. The number of carbonyl (C=O) groups is 2. The molecule has 0 aliphatic heterocycles. The van der Waals surface area contributed by atoms with Crippen molar-refractivity contribution >= 4 is 29.8 Å². The van der Waals surface area contributed by atoms with E-state index < -0.39 is 0 Å². The van der Waals surface area contributed by atoms with Crippen LogP contribution in [0.1, 0.15) is 249 Å². The van der Waals surface area contributed by atoms with Crippen molar-refractivity contribution in [2.75, 3.05) is 13.7 Å². The Morgan fingerprint density at radius 1 is 0.446 bits per heavy atom. The van der Waals surface area contributed by atoms with Gasteiger partial charge in [-0.1, -0.05) is 125 Å². The molecule has 0 unspecified atom stereocenters. The fourth-order valence-corrected chi connectivity index (χ4v) is 3.33. The molecule has 0 saturated carbocycles. The van der Waals surface area contributed by atoms with Crippen LogP contribution < -0.4 is 21.7 Å². The molecule has 0 atom stereocenters. The predicted octanol–water partition coefficient (Wildman–Crippen LogP) is 14.3. The molecule has 10 heteroatoms. The molecule has 5 N–H and O–H groups in total. The maximum Gasteiger partial charge on any atom is 0.225 e. The number of nitrogens with zero attached hydrogens (tertiary/aromatic N) is 3. The molecule has 0 heterocycles. The quantitative estimate of drug-likeness (QED) is 0.153. The summed E-state index contributed by atoms with van der Waals surface area (Å²) < 4.78 is 5.24. The Bertz CT molecular complexity index is 1330. The number of hydrogen-bond acceptors (Lipinski definition) is 7. The van der Waals surface area contributed by atoms with Crippen LogP contribution in [-0.4, -0.2) is 76.7 Å². The second-order valence-electron chi connectivity index (χ2n) is 29.8. The van der Waals surface area contributed by atoms with Gasteiger partial charge in [0.15, 0.2) is 5.90 Å². The summed E-state index contributed by atoms with van der Waals surface area (Å²) in [6.45, 7) is 75.4. The molecule has 0 radical (unpaired) electrons. The van der Waals surface area contributed by atoms with Crippen molar-refractivity contribution in [3.63, 3.8) is 0 Å². The van der Waals surface area contributed by atoms with Crippen molar-refractivity contribution in [3.8, 4) is 0 Å². The molecule has 0 aliphatic carbocycles. The highest BCUT2D eigenvalue weighted by atomic mass is 16.5. The van der Waals surface area contributed by atoms with Crippen LogP contribution in [0.2, 0.25) is 0 Å². The van der Waals surface area contributed by atoms with Gasteiger partial charge in [-0.3, -0.25) is 19.6 Å². The summed E-state index contributed by atoms with van der Waals surface area (Å²) in [5.74, 6) is 1.75. The first-order valence-corrected chi connectivity index (χ1v) is 23.9. The van der Waals surface area contributed by atoms with E-state index in [2.05, 4.69) is 176 Å². The van der Waals surface area contributed by atoms with E-state index in [4.69, 9.17) is 10.5 Å². The molecule has 65 heavy (non-hydrogen) atoms. The lowest BCUT2D eigenvalue weighted by Crippen LogP contribution is -2.46. The van der Waals surface area contributed by atoms with Gasteiger partial charge in [0.05, 0.1) is 29.6 Å². The summed E-state index contributed by atoms with van der Waals surface area (Å²) in [5.41, 5.74) is 5.80. The van der Waals surface area contributed by atoms with Crippen LogP contribution in [0.5, 0.6) is 0 Å². The number of rotatable bonds is 1. The van der Waals surface area contributed by atoms with Crippen molar-refractivity contribution < 1.29 is 14.3 Å². The van der Waals surface area contributed by atoms with Crippen molar-refractivity contribution in [2.45, 2.75) is 282 Å². The van der Waals surface area contributed by atoms with Gasteiger partial charge in [-0.15, -0.1) is 0 Å². The lowest BCUT2D eigenvalue weighted by molar-refractivity contribution is -0.130. The first kappa shape index (κ1) is 74.1. The van der Waals surface area contributed by atoms with Crippen LogP contribution in [0, 0.1) is 32.5 Å². The first-order valence-electron chi connectivity index (χ1n) is 23.9. The molecule has 0 fully saturated rings. The molecular weight excluding hydrogens is 807 g/mol. The molecular formula is C55H119N7O3. The average Bonchev–Trinajstić information content (AvgIpc) is 2.93. The third-order valence-corrected chi connectivity index (χ3v) is 6.82. The Morgan fingerprint density at radius 3 is 0.831 bits per heavy atom. The monoisotopic (exact) mass is 926 g/mol. The van der Waals surface area contributed by atoms with Crippen LogP contribution in [0.15, 0.2) is 15.0 Å². The van der Waals surface area contributed by atoms with Crippen molar-refractivity contribution in [3.05, 3.63) is 0 Å². The smallest absolute Gasteiger partial charge is 0.225 e. The van der Waals surface area contributed by atoms with E-state index in [1.54, 1.807) is 7.11 Å². The summed E-state index contributed by atoms with van der Waals surface area (Å²) >= 11 is 0. The van der Waals surface area contributed by atoms with Gasteiger partial charge >= 0.3 is 0 Å². The van der Waals surface area contributed by atoms with Gasteiger partial charge in [0.2, 0.25) is 11.8 Å². The Morgan fingerprint density at radius 2 is 0.754 bits per heavy atom. The molecule has 0 aromatic heterocycles. The SMILES string of the molecule is CC(C)(C)C=NC(C)(C)C.CC(C)(C)CNC(C)(C)C.CC(C)(C)N=C(N)C(C)(C)C.CC(C)(C)NC(=O)C(C)(C)C.CC(C)(C)NC(=O)C(C)(C)C.COC(=NC(C)(C)C)C(C)(C)C. The molecule has 2 amide bonds. The maximum atomic E-state index is 11.4. The molecule has 392 valence electrons. The van der Waals surface area contributed by atoms with Crippen LogP contribution in [0.3, 0.4) is 0 Å². The van der Waals surface area contributed by atoms with Crippen molar-refractivity contribution in [1.82, 2.24) is 16.0 Å². The third kappa shape index (κ3) is 65.9. The second kappa shape index (κ2) is 27.5. The number of hydrogen-bond donors (Lipinski definition) is 4. The normalized spacial score (nSPS) is 14.0. The van der Waals surface area contributed by atoms with E-state index in [1.807, 2.05) is 110 Å². The standard InChI is InChI=1S/C10H21NO.C9H20N2.2C9H19NO.C9H21N.C9H19N/c1-9(2,3)8(12-7)11-10(4,5)6;1-8(2,3)7(10)11-9(4,5)6;2*1-8(2,3)7(11)10-9(4,5)6;2*1-8(2,3)7-10-9(4,5)6/h1-7H3;1-6H3,(H2,10,11);2*1-6H3,(H,10,11);10H,7H2,1-6H3;7H,1-6H3. The zero-order valence-electron chi connectivity index (χ0n) is 50.9. The lowest BCUT2D eigenvalue weighted by atomic mass is 9.94. The summed E-state index contributed by atoms with van der Waals surface area (Å²) in [4.78, 5) is 36.0. The summed E-state index contributed by atoms with van der Waals surface area (Å²) in [5, 5.41) is 9.30. The lowest BCUT2D eigenvalue weighted by Gasteiger charge is -2.27. The number of nitrogens with one attached hydrogen (secondary N) is 3. The van der Waals surface area contributed by atoms with Crippen LogP contribution in [0.25, 0.3) is 0 Å². The molecule has 0 bridgehead atoms. The van der Waals surface area contributed by atoms with Gasteiger partial charge in [0, 0.05) is 51.0 Å². The molecule has 0 aromatic rings. The van der Waals surface area contributed by atoms with E-state index in [0.29, 0.717) is 5.41 Å². The van der Waals surface area contributed by atoms with Crippen LogP contribution in [0.4, 0.5) is 0 Å². The van der Waals surface area contributed by atoms with Crippen LogP contribution in [-0.2, 0) is 14.3 Å². The Labute approximate surface area is 408 Å². The Hall–Kier alpha value is -2.49. The highest BCUT2D eigenvalue weighted by Gasteiger charge is 2.26. The molecule has 10 nitrogen and oxygen atoms in total. The van der Waals surface area contributed by atoms with Crippen molar-refractivity contribution in [1.29, 1.82) is 0 Å². The zero-order valence-corrected chi connectivity index (χ0v) is 50.9. The molecule has 0 spiro atoms. The number of ether oxygens (including phenoxy) is 1. The third-order valence-electron chi connectivity index (χ3n) is 6.82. The van der Waals surface area contributed by atoms with Crippen molar-refractivity contribution in [2.24, 2.45) is 53.2 Å².